The Balaban J connectivity index is 4.48. The third kappa shape index (κ3) is 4.18. The van der Waals surface area contributed by atoms with Crippen molar-refractivity contribution in [2.45, 2.75) is 53.1 Å². The predicted molar refractivity (Wildman–Crippen MR) is 54.2 cm³/mol. The molecule has 0 saturated carbocycles. The van der Waals surface area contributed by atoms with Crippen LogP contribution in [0.25, 0.3) is 0 Å². The van der Waals surface area contributed by atoms with Gasteiger partial charge in [-0.15, -0.1) is 0 Å². The molecular weight excluding hydrogens is 186 g/mol. The molecule has 0 bridgehead atoms. The van der Waals surface area contributed by atoms with Crippen molar-refractivity contribution in [1.82, 2.24) is 0 Å². The van der Waals surface area contributed by atoms with E-state index in [-0.39, 0.29) is 6.42 Å². The molecule has 0 aliphatic heterocycles. The number of rotatable bonds is 4. The molecule has 1 unspecified atom stereocenters. The first-order chi connectivity index (χ1) is 6.30. The van der Waals surface area contributed by atoms with Crippen LogP contribution in [0, 0.1) is 5.41 Å². The van der Waals surface area contributed by atoms with Crippen LogP contribution in [-0.2, 0) is 0 Å². The van der Waals surface area contributed by atoms with Crippen LogP contribution >= 0.6 is 0 Å². The molecule has 0 heterocycles. The van der Waals surface area contributed by atoms with Crippen molar-refractivity contribution >= 4 is 0 Å². The van der Waals surface area contributed by atoms with Gasteiger partial charge in [0.15, 0.2) is 5.83 Å². The molecule has 1 N–H and O–H groups in total. The van der Waals surface area contributed by atoms with Crippen LogP contribution in [0.3, 0.4) is 0 Å². The fraction of sp³-hybridized carbons (Fsp3) is 0.818. The van der Waals surface area contributed by atoms with E-state index in [0.29, 0.717) is 6.42 Å². The molecule has 0 aromatic carbocycles. The minimum Gasteiger partial charge on any atom is -0.385 e. The van der Waals surface area contributed by atoms with Crippen LogP contribution in [0.15, 0.2) is 11.7 Å². The Labute approximate surface area is 84.8 Å². The maximum Gasteiger partial charge on any atom is 0.160 e. The zero-order valence-corrected chi connectivity index (χ0v) is 9.40. The predicted octanol–water partition coefficient (Wildman–Crippen LogP) is 3.73. The summed E-state index contributed by atoms with van der Waals surface area (Å²) in [5.74, 6) is -1.82. The SMILES string of the molecule is CCCC/C(F)=C(\F)C(O)C(C)(C)C. The first-order valence-corrected chi connectivity index (χ1v) is 5.02. The summed E-state index contributed by atoms with van der Waals surface area (Å²) in [7, 11) is 0. The summed E-state index contributed by atoms with van der Waals surface area (Å²) in [5, 5.41) is 9.45. The van der Waals surface area contributed by atoms with Gasteiger partial charge in [0.05, 0.1) is 0 Å². The van der Waals surface area contributed by atoms with Gasteiger partial charge in [0.1, 0.15) is 11.9 Å². The van der Waals surface area contributed by atoms with Crippen molar-refractivity contribution in [3.05, 3.63) is 11.7 Å². The molecule has 1 nitrogen and oxygen atoms in total. The van der Waals surface area contributed by atoms with Crippen molar-refractivity contribution in [3.63, 3.8) is 0 Å². The summed E-state index contributed by atoms with van der Waals surface area (Å²) in [5.41, 5.74) is -0.659. The number of unbranched alkanes of at least 4 members (excludes halogenated alkanes) is 1. The van der Waals surface area contributed by atoms with Crippen LogP contribution in [0.5, 0.6) is 0 Å². The Morgan fingerprint density at radius 3 is 2.14 bits per heavy atom. The van der Waals surface area contributed by atoms with Crippen LogP contribution in [-0.4, -0.2) is 11.2 Å². The Morgan fingerprint density at radius 2 is 1.79 bits per heavy atom. The van der Waals surface area contributed by atoms with E-state index in [0.717, 1.165) is 6.42 Å². The molecule has 1 atom stereocenters. The molecule has 0 aromatic rings. The summed E-state index contributed by atoms with van der Waals surface area (Å²) in [6, 6.07) is 0. The van der Waals surface area contributed by atoms with E-state index in [1.54, 1.807) is 20.8 Å². The van der Waals surface area contributed by atoms with Crippen molar-refractivity contribution in [3.8, 4) is 0 Å². The highest BCUT2D eigenvalue weighted by Gasteiger charge is 2.28. The Hall–Kier alpha value is -0.440. The molecule has 0 rings (SSSR count). The van der Waals surface area contributed by atoms with E-state index >= 15 is 0 Å². The first kappa shape index (κ1) is 13.6. The molecule has 0 fully saturated rings. The quantitative estimate of drug-likeness (QED) is 0.743. The monoisotopic (exact) mass is 206 g/mol. The van der Waals surface area contributed by atoms with Crippen molar-refractivity contribution in [2.24, 2.45) is 5.41 Å². The van der Waals surface area contributed by atoms with Crippen molar-refractivity contribution < 1.29 is 13.9 Å². The lowest BCUT2D eigenvalue weighted by Gasteiger charge is -2.24. The van der Waals surface area contributed by atoms with Gasteiger partial charge in [-0.1, -0.05) is 34.1 Å². The standard InChI is InChI=1S/C11H20F2O/c1-5-6-7-8(12)9(13)10(14)11(2,3)4/h10,14H,5-7H2,1-4H3/b9-8+. The fourth-order valence-electron chi connectivity index (χ4n) is 0.980. The third-order valence-electron chi connectivity index (χ3n) is 2.07. The first-order valence-electron chi connectivity index (χ1n) is 5.02. The maximum atomic E-state index is 13.3. The topological polar surface area (TPSA) is 20.2 Å². The zero-order valence-electron chi connectivity index (χ0n) is 9.40. The Bertz CT molecular complexity index is 204. The van der Waals surface area contributed by atoms with E-state index in [1.165, 1.54) is 0 Å². The number of aliphatic hydroxyl groups is 1. The lowest BCUT2D eigenvalue weighted by Crippen LogP contribution is -2.27. The van der Waals surface area contributed by atoms with Crippen LogP contribution < -0.4 is 0 Å². The number of hydrogen-bond donors (Lipinski definition) is 1. The van der Waals surface area contributed by atoms with E-state index in [4.69, 9.17) is 0 Å². The zero-order chi connectivity index (χ0) is 11.4. The average molecular weight is 206 g/mol. The van der Waals surface area contributed by atoms with Gasteiger partial charge in [-0.3, -0.25) is 0 Å². The maximum absolute atomic E-state index is 13.3. The van der Waals surface area contributed by atoms with Gasteiger partial charge in [0.25, 0.3) is 0 Å². The summed E-state index contributed by atoms with van der Waals surface area (Å²) in [4.78, 5) is 0. The van der Waals surface area contributed by atoms with Gasteiger partial charge in [0.2, 0.25) is 0 Å². The minimum absolute atomic E-state index is 0.0788. The molecule has 0 aliphatic rings. The molecule has 0 aromatic heterocycles. The number of aliphatic hydroxyl groups excluding tert-OH is 1. The van der Waals surface area contributed by atoms with Gasteiger partial charge < -0.3 is 5.11 Å². The van der Waals surface area contributed by atoms with Crippen LogP contribution in [0.2, 0.25) is 0 Å². The fourth-order valence-corrected chi connectivity index (χ4v) is 0.980. The summed E-state index contributed by atoms with van der Waals surface area (Å²) >= 11 is 0. The smallest absolute Gasteiger partial charge is 0.160 e. The van der Waals surface area contributed by atoms with Crippen LogP contribution in [0.4, 0.5) is 8.78 Å². The number of allylic oxidation sites excluding steroid dienone is 1. The highest BCUT2D eigenvalue weighted by atomic mass is 19.2. The van der Waals surface area contributed by atoms with Gasteiger partial charge in [-0.25, -0.2) is 8.78 Å². The third-order valence-corrected chi connectivity index (χ3v) is 2.07. The van der Waals surface area contributed by atoms with Gasteiger partial charge >= 0.3 is 0 Å². The second kappa shape index (κ2) is 5.44. The number of hydrogen-bond acceptors (Lipinski definition) is 1. The van der Waals surface area contributed by atoms with E-state index < -0.39 is 23.2 Å². The minimum atomic E-state index is -1.35. The van der Waals surface area contributed by atoms with Crippen molar-refractivity contribution in [1.29, 1.82) is 0 Å². The summed E-state index contributed by atoms with van der Waals surface area (Å²) in [6.07, 6.45) is 0.150. The van der Waals surface area contributed by atoms with Gasteiger partial charge in [-0.2, -0.15) is 0 Å². The molecule has 0 saturated heterocycles. The lowest BCUT2D eigenvalue weighted by atomic mass is 9.88. The van der Waals surface area contributed by atoms with E-state index in [2.05, 4.69) is 0 Å². The summed E-state index contributed by atoms with van der Waals surface area (Å²) < 4.78 is 26.4. The van der Waals surface area contributed by atoms with Gasteiger partial charge in [0, 0.05) is 6.42 Å². The second-order valence-corrected chi connectivity index (χ2v) is 4.62. The molecular formula is C11H20F2O. The normalized spacial score (nSPS) is 16.5. The van der Waals surface area contributed by atoms with Crippen LogP contribution in [0.1, 0.15) is 47.0 Å². The summed E-state index contributed by atoms with van der Waals surface area (Å²) in [6.45, 7) is 6.92. The largest absolute Gasteiger partial charge is 0.385 e. The van der Waals surface area contributed by atoms with E-state index in [1.807, 2.05) is 6.92 Å². The van der Waals surface area contributed by atoms with E-state index in [9.17, 15) is 13.9 Å². The molecule has 14 heavy (non-hydrogen) atoms. The second-order valence-electron chi connectivity index (χ2n) is 4.62. The molecule has 84 valence electrons. The molecule has 3 heteroatoms. The lowest BCUT2D eigenvalue weighted by molar-refractivity contribution is 0.0708. The van der Waals surface area contributed by atoms with Gasteiger partial charge in [-0.05, 0) is 11.8 Å². The highest BCUT2D eigenvalue weighted by Crippen LogP contribution is 2.29. The molecule has 0 spiro atoms. The highest BCUT2D eigenvalue weighted by molar-refractivity contribution is 5.08. The molecule has 0 amide bonds. The van der Waals surface area contributed by atoms with Crippen molar-refractivity contribution in [2.75, 3.05) is 0 Å². The number of halogens is 2. The average Bonchev–Trinajstić information content (AvgIpc) is 2.10. The Kier molecular flexibility index (Phi) is 5.27. The molecule has 0 aliphatic carbocycles. The molecule has 0 radical (unpaired) electrons. The Morgan fingerprint density at radius 1 is 1.29 bits per heavy atom.